The maximum Gasteiger partial charge on any atom is 0.331 e. The van der Waals surface area contributed by atoms with E-state index in [0.717, 1.165) is 4.57 Å². The zero-order valence-electron chi connectivity index (χ0n) is 7.50. The van der Waals surface area contributed by atoms with Crippen molar-refractivity contribution in [2.75, 3.05) is 0 Å². The van der Waals surface area contributed by atoms with Crippen molar-refractivity contribution < 1.29 is 5.11 Å². The van der Waals surface area contributed by atoms with Crippen molar-refractivity contribution in [1.29, 1.82) is 0 Å². The number of aromatic amines is 1. The SMILES string of the molecule is C=C(Cl)Cn1c(O)c(C)c(=O)[nH]c1=O. The minimum absolute atomic E-state index is 0.0379. The molecule has 1 aromatic heterocycles. The Balaban J connectivity index is 3.44. The van der Waals surface area contributed by atoms with Crippen LogP contribution in [0.15, 0.2) is 21.2 Å². The van der Waals surface area contributed by atoms with Gasteiger partial charge in [-0.15, -0.1) is 0 Å². The third-order valence-corrected chi connectivity index (χ3v) is 1.85. The molecule has 76 valence electrons. The quantitative estimate of drug-likeness (QED) is 0.747. The van der Waals surface area contributed by atoms with Crippen molar-refractivity contribution in [3.63, 3.8) is 0 Å². The highest BCUT2D eigenvalue weighted by Gasteiger charge is 2.09. The number of nitrogens with zero attached hydrogens (tertiary/aromatic N) is 1. The average Bonchev–Trinajstić information content (AvgIpc) is 2.09. The van der Waals surface area contributed by atoms with Crippen LogP contribution in [0.4, 0.5) is 0 Å². The summed E-state index contributed by atoms with van der Waals surface area (Å²) in [4.78, 5) is 24.3. The van der Waals surface area contributed by atoms with Crippen LogP contribution in [0.3, 0.4) is 0 Å². The summed E-state index contributed by atoms with van der Waals surface area (Å²) in [6.07, 6.45) is 0. The molecule has 6 heteroatoms. The van der Waals surface area contributed by atoms with E-state index in [1.54, 1.807) is 0 Å². The Kier molecular flexibility index (Phi) is 2.81. The highest BCUT2D eigenvalue weighted by Crippen LogP contribution is 2.10. The highest BCUT2D eigenvalue weighted by molar-refractivity contribution is 6.29. The number of nitrogens with one attached hydrogen (secondary N) is 1. The van der Waals surface area contributed by atoms with Crippen molar-refractivity contribution >= 4 is 11.6 Å². The summed E-state index contributed by atoms with van der Waals surface area (Å²) in [5.41, 5.74) is -1.24. The van der Waals surface area contributed by atoms with Gasteiger partial charge in [-0.2, -0.15) is 0 Å². The van der Waals surface area contributed by atoms with Gasteiger partial charge in [-0.25, -0.2) is 4.79 Å². The molecule has 14 heavy (non-hydrogen) atoms. The second kappa shape index (κ2) is 3.71. The van der Waals surface area contributed by atoms with Gasteiger partial charge in [-0.3, -0.25) is 14.3 Å². The standard InChI is InChI=1S/C8H9ClN2O3/c1-4(9)3-11-7(13)5(2)6(12)10-8(11)14/h13H,1,3H2,2H3,(H,10,12,14). The van der Waals surface area contributed by atoms with Gasteiger partial charge in [0.25, 0.3) is 5.56 Å². The molecule has 0 saturated carbocycles. The number of halogens is 1. The second-order valence-electron chi connectivity index (χ2n) is 2.81. The minimum Gasteiger partial charge on any atom is -0.494 e. The Bertz CT molecular complexity index is 486. The summed E-state index contributed by atoms with van der Waals surface area (Å²) in [7, 11) is 0. The first-order chi connectivity index (χ1) is 6.43. The predicted molar refractivity (Wildman–Crippen MR) is 52.7 cm³/mol. The summed E-state index contributed by atoms with van der Waals surface area (Å²) < 4.78 is 0.937. The lowest BCUT2D eigenvalue weighted by Crippen LogP contribution is -2.31. The van der Waals surface area contributed by atoms with Crippen LogP contribution in [0.25, 0.3) is 0 Å². The van der Waals surface area contributed by atoms with E-state index in [1.165, 1.54) is 6.92 Å². The Morgan fingerprint density at radius 1 is 1.64 bits per heavy atom. The molecule has 1 rings (SSSR count). The zero-order chi connectivity index (χ0) is 10.9. The molecular formula is C8H9ClN2O3. The third kappa shape index (κ3) is 1.88. The molecule has 0 bridgehead atoms. The molecule has 0 aliphatic rings. The molecule has 1 aromatic rings. The number of allylic oxidation sites excluding steroid dienone is 1. The predicted octanol–water partition coefficient (Wildman–Crippen LogP) is 0.303. The van der Waals surface area contributed by atoms with E-state index in [1.807, 2.05) is 4.98 Å². The van der Waals surface area contributed by atoms with Crippen molar-refractivity contribution in [3.05, 3.63) is 38.0 Å². The summed E-state index contributed by atoms with van der Waals surface area (Å²) in [6, 6.07) is 0. The fourth-order valence-electron chi connectivity index (χ4n) is 0.977. The maximum atomic E-state index is 11.2. The average molecular weight is 217 g/mol. The molecule has 0 radical (unpaired) electrons. The molecule has 1 heterocycles. The summed E-state index contributed by atoms with van der Waals surface area (Å²) >= 11 is 5.49. The van der Waals surface area contributed by atoms with E-state index >= 15 is 0 Å². The van der Waals surface area contributed by atoms with E-state index in [-0.39, 0.29) is 23.0 Å². The van der Waals surface area contributed by atoms with E-state index in [9.17, 15) is 14.7 Å². The molecule has 2 N–H and O–H groups in total. The Hall–Kier alpha value is -1.49. The van der Waals surface area contributed by atoms with Gasteiger partial charge in [0.05, 0.1) is 12.1 Å². The van der Waals surface area contributed by atoms with Crippen LogP contribution in [0.5, 0.6) is 5.88 Å². The molecule has 0 aromatic carbocycles. The van der Waals surface area contributed by atoms with Crippen molar-refractivity contribution in [2.24, 2.45) is 0 Å². The topological polar surface area (TPSA) is 75.1 Å². The first-order valence-electron chi connectivity index (χ1n) is 3.79. The van der Waals surface area contributed by atoms with Gasteiger partial charge in [-0.1, -0.05) is 18.2 Å². The number of H-pyrrole nitrogens is 1. The Morgan fingerprint density at radius 2 is 2.21 bits per heavy atom. The maximum absolute atomic E-state index is 11.2. The molecule has 0 saturated heterocycles. The molecule has 5 nitrogen and oxygen atoms in total. The Morgan fingerprint density at radius 3 is 2.71 bits per heavy atom. The molecule has 0 spiro atoms. The summed E-state index contributed by atoms with van der Waals surface area (Å²) in [6.45, 7) is 4.75. The molecule has 0 amide bonds. The minimum atomic E-state index is -0.708. The van der Waals surface area contributed by atoms with Crippen LogP contribution < -0.4 is 11.2 Å². The van der Waals surface area contributed by atoms with Gasteiger partial charge in [0.1, 0.15) is 0 Å². The van der Waals surface area contributed by atoms with Crippen LogP contribution in [-0.4, -0.2) is 14.7 Å². The first kappa shape index (κ1) is 10.6. The smallest absolute Gasteiger partial charge is 0.331 e. The van der Waals surface area contributed by atoms with Crippen LogP contribution in [0, 0.1) is 6.92 Å². The van der Waals surface area contributed by atoms with Crippen molar-refractivity contribution in [2.45, 2.75) is 13.5 Å². The van der Waals surface area contributed by atoms with Crippen LogP contribution in [-0.2, 0) is 6.54 Å². The van der Waals surface area contributed by atoms with Crippen LogP contribution in [0.1, 0.15) is 5.56 Å². The van der Waals surface area contributed by atoms with Gasteiger partial charge >= 0.3 is 5.69 Å². The molecule has 0 aliphatic carbocycles. The molecule has 0 aliphatic heterocycles. The second-order valence-corrected chi connectivity index (χ2v) is 3.35. The summed E-state index contributed by atoms with van der Waals surface area (Å²) in [5, 5.41) is 9.64. The third-order valence-electron chi connectivity index (χ3n) is 1.73. The number of aromatic nitrogens is 2. The molecule has 0 atom stereocenters. The van der Waals surface area contributed by atoms with Gasteiger partial charge in [-0.05, 0) is 6.92 Å². The number of hydrogen-bond donors (Lipinski definition) is 2. The van der Waals surface area contributed by atoms with Crippen molar-refractivity contribution in [1.82, 2.24) is 9.55 Å². The number of aromatic hydroxyl groups is 1. The first-order valence-corrected chi connectivity index (χ1v) is 4.17. The molecular weight excluding hydrogens is 208 g/mol. The van der Waals surface area contributed by atoms with Gasteiger partial charge in [0.15, 0.2) is 0 Å². The normalized spacial score (nSPS) is 10.1. The van der Waals surface area contributed by atoms with Crippen LogP contribution >= 0.6 is 11.6 Å². The lowest BCUT2D eigenvalue weighted by Gasteiger charge is -2.07. The fraction of sp³-hybridized carbons (Fsp3) is 0.250. The number of rotatable bonds is 2. The monoisotopic (exact) mass is 216 g/mol. The van der Waals surface area contributed by atoms with E-state index in [0.29, 0.717) is 0 Å². The molecule has 0 fully saturated rings. The fourth-order valence-corrected chi connectivity index (χ4v) is 1.10. The van der Waals surface area contributed by atoms with Crippen LogP contribution in [0.2, 0.25) is 0 Å². The zero-order valence-corrected chi connectivity index (χ0v) is 8.26. The van der Waals surface area contributed by atoms with Gasteiger partial charge in [0.2, 0.25) is 5.88 Å². The molecule has 0 unspecified atom stereocenters. The van der Waals surface area contributed by atoms with E-state index in [4.69, 9.17) is 11.6 Å². The van der Waals surface area contributed by atoms with Gasteiger partial charge in [0, 0.05) is 5.03 Å². The van der Waals surface area contributed by atoms with E-state index in [2.05, 4.69) is 6.58 Å². The lowest BCUT2D eigenvalue weighted by molar-refractivity contribution is 0.405. The lowest BCUT2D eigenvalue weighted by atomic mass is 10.3. The van der Waals surface area contributed by atoms with Crippen molar-refractivity contribution in [3.8, 4) is 5.88 Å². The number of hydrogen-bond acceptors (Lipinski definition) is 3. The van der Waals surface area contributed by atoms with Gasteiger partial charge < -0.3 is 5.11 Å². The highest BCUT2D eigenvalue weighted by atomic mass is 35.5. The largest absolute Gasteiger partial charge is 0.494 e. The Labute approximate surface area is 84.3 Å². The summed E-state index contributed by atoms with van der Waals surface area (Å²) in [5.74, 6) is -0.388. The van der Waals surface area contributed by atoms with E-state index < -0.39 is 11.2 Å².